The number of methoxy groups -OCH3 is 1. The summed E-state index contributed by atoms with van der Waals surface area (Å²) in [5.41, 5.74) is -0.600. The SMILES string of the molecule is CO[C@H]1C(C(C)O)O[C@H](Sc2ccc(Cl)c(Cl)c2)C(O)C1n1cc(-c2cc(F)c(Cl)c(F)c2)nn1. The van der Waals surface area contributed by atoms with Gasteiger partial charge in [0.2, 0.25) is 0 Å². The van der Waals surface area contributed by atoms with Crippen molar-refractivity contribution in [2.75, 3.05) is 7.11 Å². The van der Waals surface area contributed by atoms with Gasteiger partial charge in [0.25, 0.3) is 0 Å². The fourth-order valence-electron chi connectivity index (χ4n) is 3.87. The Morgan fingerprint density at radius 3 is 2.43 bits per heavy atom. The van der Waals surface area contributed by atoms with Crippen LogP contribution in [-0.4, -0.2) is 62.2 Å². The van der Waals surface area contributed by atoms with Crippen molar-refractivity contribution in [3.8, 4) is 11.3 Å². The molecule has 2 N–H and O–H groups in total. The van der Waals surface area contributed by atoms with Gasteiger partial charge in [0.05, 0.1) is 22.3 Å². The predicted octanol–water partition coefficient (Wildman–Crippen LogP) is 5.00. The van der Waals surface area contributed by atoms with Gasteiger partial charge in [-0.1, -0.05) is 51.8 Å². The molecule has 35 heavy (non-hydrogen) atoms. The Morgan fingerprint density at radius 1 is 1.14 bits per heavy atom. The summed E-state index contributed by atoms with van der Waals surface area (Å²) in [4.78, 5) is 0.675. The van der Waals surface area contributed by atoms with Crippen LogP contribution in [0, 0.1) is 11.6 Å². The summed E-state index contributed by atoms with van der Waals surface area (Å²) in [7, 11) is 1.41. The quantitative estimate of drug-likeness (QED) is 0.406. The number of benzene rings is 2. The van der Waals surface area contributed by atoms with Crippen molar-refractivity contribution in [1.82, 2.24) is 15.0 Å². The van der Waals surface area contributed by atoms with E-state index in [-0.39, 0.29) is 11.3 Å². The minimum Gasteiger partial charge on any atom is -0.391 e. The Morgan fingerprint density at radius 2 is 1.83 bits per heavy atom. The molecule has 1 fully saturated rings. The molecular weight excluding hydrogens is 547 g/mol. The Bertz CT molecular complexity index is 1200. The number of aliphatic hydroxyl groups is 2. The van der Waals surface area contributed by atoms with E-state index < -0.39 is 52.6 Å². The third-order valence-corrected chi connectivity index (χ3v) is 7.82. The lowest BCUT2D eigenvalue weighted by Crippen LogP contribution is -2.57. The number of hydrogen-bond acceptors (Lipinski definition) is 7. The minimum absolute atomic E-state index is 0.111. The molecule has 188 valence electrons. The fraction of sp³-hybridized carbons (Fsp3) is 0.364. The van der Waals surface area contributed by atoms with E-state index in [1.807, 2.05) is 0 Å². The standard InChI is InChI=1S/C22H20Cl3F2N3O4S/c1-9(31)20-21(33-2)18(19(32)22(34-20)35-11-3-4-12(23)13(24)7-11)30-8-16(28-29-30)10-5-14(26)17(25)15(27)6-10/h3-9,18-22,31-32H,1-2H3/t9?,18?,19?,20?,21-,22-/m1/s1. The summed E-state index contributed by atoms with van der Waals surface area (Å²) in [5, 5.41) is 29.8. The van der Waals surface area contributed by atoms with E-state index >= 15 is 0 Å². The zero-order valence-corrected chi connectivity index (χ0v) is 21.4. The largest absolute Gasteiger partial charge is 0.391 e. The molecule has 4 unspecified atom stereocenters. The van der Waals surface area contributed by atoms with E-state index in [1.54, 1.807) is 25.1 Å². The van der Waals surface area contributed by atoms with Crippen molar-refractivity contribution in [2.24, 2.45) is 0 Å². The van der Waals surface area contributed by atoms with Gasteiger partial charge in [-0.25, -0.2) is 13.5 Å². The van der Waals surface area contributed by atoms with Gasteiger partial charge in [0.15, 0.2) is 0 Å². The highest BCUT2D eigenvalue weighted by Crippen LogP contribution is 2.41. The highest BCUT2D eigenvalue weighted by atomic mass is 35.5. The lowest BCUT2D eigenvalue weighted by Gasteiger charge is -2.44. The molecule has 0 bridgehead atoms. The number of halogens is 5. The van der Waals surface area contributed by atoms with Crippen LogP contribution in [0.25, 0.3) is 11.3 Å². The van der Waals surface area contributed by atoms with Gasteiger partial charge in [0.1, 0.15) is 52.1 Å². The lowest BCUT2D eigenvalue weighted by molar-refractivity contribution is -0.202. The van der Waals surface area contributed by atoms with Crippen LogP contribution in [0.5, 0.6) is 0 Å². The number of hydrogen-bond donors (Lipinski definition) is 2. The average molecular weight is 567 g/mol. The second-order valence-electron chi connectivity index (χ2n) is 7.92. The first kappa shape index (κ1) is 26.6. The normalized spacial score (nSPS) is 25.6. The summed E-state index contributed by atoms with van der Waals surface area (Å²) in [6.45, 7) is 1.54. The third-order valence-electron chi connectivity index (χ3n) is 5.57. The van der Waals surface area contributed by atoms with E-state index in [0.29, 0.717) is 14.9 Å². The summed E-state index contributed by atoms with van der Waals surface area (Å²) in [6.07, 6.45) is -2.40. The second-order valence-corrected chi connectivity index (χ2v) is 10.3. The molecule has 1 aliphatic heterocycles. The smallest absolute Gasteiger partial charge is 0.145 e. The maximum Gasteiger partial charge on any atom is 0.145 e. The molecule has 2 aromatic carbocycles. The van der Waals surface area contributed by atoms with Crippen LogP contribution in [-0.2, 0) is 9.47 Å². The van der Waals surface area contributed by atoms with Crippen LogP contribution in [0.4, 0.5) is 8.78 Å². The monoisotopic (exact) mass is 565 g/mol. The van der Waals surface area contributed by atoms with E-state index in [1.165, 1.54) is 29.8 Å². The summed E-state index contributed by atoms with van der Waals surface area (Å²) < 4.78 is 40.9. The average Bonchev–Trinajstić information content (AvgIpc) is 3.30. The van der Waals surface area contributed by atoms with Gasteiger partial charge in [-0.2, -0.15) is 0 Å². The first-order valence-electron chi connectivity index (χ1n) is 10.3. The van der Waals surface area contributed by atoms with Gasteiger partial charge in [0, 0.05) is 17.6 Å². The third kappa shape index (κ3) is 5.45. The first-order chi connectivity index (χ1) is 16.6. The fourth-order valence-corrected chi connectivity index (χ4v) is 5.43. The van der Waals surface area contributed by atoms with Crippen LogP contribution in [0.3, 0.4) is 0 Å². The molecule has 1 saturated heterocycles. The Hall–Kier alpha value is -1.50. The number of rotatable bonds is 6. The molecule has 7 nitrogen and oxygen atoms in total. The summed E-state index contributed by atoms with van der Waals surface area (Å²) in [5.74, 6) is -1.88. The van der Waals surface area contributed by atoms with E-state index in [0.717, 1.165) is 12.1 Å². The van der Waals surface area contributed by atoms with Crippen molar-refractivity contribution < 1.29 is 28.5 Å². The molecule has 0 radical (unpaired) electrons. The molecule has 3 aromatic rings. The van der Waals surface area contributed by atoms with Crippen LogP contribution in [0.15, 0.2) is 41.4 Å². The molecule has 13 heteroatoms. The molecular formula is C22H20Cl3F2N3O4S. The molecule has 0 aliphatic carbocycles. The number of thioether (sulfide) groups is 1. The predicted molar refractivity (Wildman–Crippen MR) is 129 cm³/mol. The molecule has 1 aromatic heterocycles. The van der Waals surface area contributed by atoms with Crippen LogP contribution >= 0.6 is 46.6 Å². The van der Waals surface area contributed by atoms with Gasteiger partial charge < -0.3 is 19.7 Å². The van der Waals surface area contributed by atoms with Gasteiger partial charge in [-0.15, -0.1) is 5.10 Å². The zero-order chi connectivity index (χ0) is 25.4. The van der Waals surface area contributed by atoms with E-state index in [2.05, 4.69) is 10.3 Å². The molecule has 0 spiro atoms. The van der Waals surface area contributed by atoms with Crippen molar-refractivity contribution in [3.05, 3.63) is 63.2 Å². The maximum absolute atomic E-state index is 14.0. The van der Waals surface area contributed by atoms with Crippen LogP contribution in [0.1, 0.15) is 13.0 Å². The minimum atomic E-state index is -1.19. The number of nitrogens with zero attached hydrogens (tertiary/aromatic N) is 3. The van der Waals surface area contributed by atoms with E-state index in [4.69, 9.17) is 44.3 Å². The second kappa shape index (κ2) is 10.9. The van der Waals surface area contributed by atoms with Crippen LogP contribution in [0.2, 0.25) is 15.1 Å². The number of aliphatic hydroxyl groups excluding tert-OH is 2. The van der Waals surface area contributed by atoms with Crippen molar-refractivity contribution in [3.63, 3.8) is 0 Å². The molecule has 6 atom stereocenters. The number of aromatic nitrogens is 3. The van der Waals surface area contributed by atoms with Crippen LogP contribution < -0.4 is 0 Å². The van der Waals surface area contributed by atoms with Crippen molar-refractivity contribution >= 4 is 46.6 Å². The zero-order valence-electron chi connectivity index (χ0n) is 18.3. The van der Waals surface area contributed by atoms with Gasteiger partial charge in [-0.3, -0.25) is 0 Å². The summed E-state index contributed by atoms with van der Waals surface area (Å²) in [6, 6.07) is 6.19. The Balaban J connectivity index is 1.69. The van der Waals surface area contributed by atoms with Gasteiger partial charge >= 0.3 is 0 Å². The molecule has 2 heterocycles. The van der Waals surface area contributed by atoms with Gasteiger partial charge in [-0.05, 0) is 37.3 Å². The molecule has 0 amide bonds. The highest BCUT2D eigenvalue weighted by molar-refractivity contribution is 7.99. The molecule has 0 saturated carbocycles. The van der Waals surface area contributed by atoms with Crippen molar-refractivity contribution in [1.29, 1.82) is 0 Å². The molecule has 4 rings (SSSR count). The van der Waals surface area contributed by atoms with E-state index in [9.17, 15) is 19.0 Å². The maximum atomic E-state index is 14.0. The number of ether oxygens (including phenoxy) is 2. The Labute approximate surface area is 218 Å². The Kier molecular flexibility index (Phi) is 8.24. The van der Waals surface area contributed by atoms with Crippen molar-refractivity contribution in [2.45, 2.75) is 47.7 Å². The topological polar surface area (TPSA) is 89.6 Å². The summed E-state index contributed by atoms with van der Waals surface area (Å²) >= 11 is 18.9. The lowest BCUT2D eigenvalue weighted by atomic mass is 9.94. The molecule has 1 aliphatic rings. The first-order valence-corrected chi connectivity index (χ1v) is 12.3. The highest BCUT2D eigenvalue weighted by Gasteiger charge is 2.49.